The fourth-order valence-corrected chi connectivity index (χ4v) is 2.20. The van der Waals surface area contributed by atoms with Crippen LogP contribution in [0.25, 0.3) is 0 Å². The second-order valence-electron chi connectivity index (χ2n) is 6.28. The van der Waals surface area contributed by atoms with Crippen molar-refractivity contribution in [2.45, 2.75) is 40.5 Å². The van der Waals surface area contributed by atoms with Crippen LogP contribution in [-0.4, -0.2) is 48.7 Å². The first-order chi connectivity index (χ1) is 8.65. The van der Waals surface area contributed by atoms with Crippen LogP contribution in [0, 0.1) is 11.3 Å². The van der Waals surface area contributed by atoms with Crippen LogP contribution in [0.15, 0.2) is 0 Å². The lowest BCUT2D eigenvalue weighted by Crippen LogP contribution is -2.38. The summed E-state index contributed by atoms with van der Waals surface area (Å²) in [5, 5.41) is 8.82. The van der Waals surface area contributed by atoms with Gasteiger partial charge in [-0.3, -0.25) is 9.59 Å². The Kier molecular flexibility index (Phi) is 7.68. The Morgan fingerprint density at radius 3 is 2.32 bits per heavy atom. The third-order valence-electron chi connectivity index (χ3n) is 2.73. The molecule has 5 nitrogen and oxygen atoms in total. The zero-order valence-electron chi connectivity index (χ0n) is 12.7. The Labute approximate surface area is 115 Å². The number of methoxy groups -OCH3 is 1. The average Bonchev–Trinajstić information content (AvgIpc) is 2.20. The molecule has 0 bridgehead atoms. The molecule has 0 aliphatic carbocycles. The van der Waals surface area contributed by atoms with Gasteiger partial charge in [0, 0.05) is 20.1 Å². The zero-order valence-corrected chi connectivity index (χ0v) is 12.7. The quantitative estimate of drug-likeness (QED) is 0.734. The van der Waals surface area contributed by atoms with Gasteiger partial charge in [0.15, 0.2) is 0 Å². The Morgan fingerprint density at radius 1 is 1.32 bits per heavy atom. The van der Waals surface area contributed by atoms with Crippen molar-refractivity contribution in [1.29, 1.82) is 0 Å². The van der Waals surface area contributed by atoms with Gasteiger partial charge in [0.25, 0.3) is 0 Å². The van der Waals surface area contributed by atoms with Gasteiger partial charge in [-0.2, -0.15) is 0 Å². The summed E-state index contributed by atoms with van der Waals surface area (Å²) in [7, 11) is 1.53. The van der Waals surface area contributed by atoms with Crippen LogP contribution in [0.4, 0.5) is 0 Å². The van der Waals surface area contributed by atoms with E-state index in [9.17, 15) is 9.59 Å². The van der Waals surface area contributed by atoms with E-state index in [1.807, 2.05) is 6.92 Å². The van der Waals surface area contributed by atoms with Gasteiger partial charge in [-0.05, 0) is 17.8 Å². The molecule has 0 heterocycles. The second kappa shape index (κ2) is 8.15. The Hall–Kier alpha value is -1.10. The van der Waals surface area contributed by atoms with E-state index < -0.39 is 5.97 Å². The average molecular weight is 273 g/mol. The number of amides is 1. The first-order valence-electron chi connectivity index (χ1n) is 6.64. The zero-order chi connectivity index (χ0) is 15.1. The number of carbonyl (C=O) groups is 2. The predicted molar refractivity (Wildman–Crippen MR) is 73.9 cm³/mol. The number of aliphatic carboxylic acids is 1. The van der Waals surface area contributed by atoms with Crippen LogP contribution in [-0.2, 0) is 14.3 Å². The highest BCUT2D eigenvalue weighted by atomic mass is 16.5. The minimum Gasteiger partial charge on any atom is -0.480 e. The van der Waals surface area contributed by atoms with Gasteiger partial charge >= 0.3 is 5.97 Å². The van der Waals surface area contributed by atoms with Crippen LogP contribution in [0.1, 0.15) is 40.5 Å². The number of ether oxygens (including phenoxy) is 1. The molecule has 1 amide bonds. The highest BCUT2D eigenvalue weighted by Crippen LogP contribution is 2.26. The van der Waals surface area contributed by atoms with E-state index in [1.165, 1.54) is 12.0 Å². The first-order valence-corrected chi connectivity index (χ1v) is 6.64. The highest BCUT2D eigenvalue weighted by molar-refractivity contribution is 5.81. The Morgan fingerprint density at radius 2 is 1.89 bits per heavy atom. The van der Waals surface area contributed by atoms with E-state index in [0.29, 0.717) is 19.6 Å². The minimum atomic E-state index is -0.993. The van der Waals surface area contributed by atoms with E-state index in [1.54, 1.807) is 0 Å². The Balaban J connectivity index is 4.41. The summed E-state index contributed by atoms with van der Waals surface area (Å²) in [6.07, 6.45) is 1.32. The molecular formula is C14H27NO4. The molecule has 1 unspecified atom stereocenters. The lowest BCUT2D eigenvalue weighted by molar-refractivity contribution is -0.145. The summed E-state index contributed by atoms with van der Waals surface area (Å²) in [5.74, 6) is -0.865. The van der Waals surface area contributed by atoms with Crippen molar-refractivity contribution in [2.24, 2.45) is 11.3 Å². The summed E-state index contributed by atoms with van der Waals surface area (Å²) in [5.41, 5.74) is 0.170. The second-order valence-corrected chi connectivity index (χ2v) is 6.28. The molecule has 0 saturated carbocycles. The molecule has 0 aromatic heterocycles. The molecule has 0 fully saturated rings. The maximum Gasteiger partial charge on any atom is 0.323 e. The van der Waals surface area contributed by atoms with Crippen LogP contribution in [0.3, 0.4) is 0 Å². The van der Waals surface area contributed by atoms with Crippen molar-refractivity contribution in [2.75, 3.05) is 26.8 Å². The molecular weight excluding hydrogens is 246 g/mol. The molecule has 1 N–H and O–H groups in total. The summed E-state index contributed by atoms with van der Waals surface area (Å²) < 4.78 is 4.90. The monoisotopic (exact) mass is 273 g/mol. The fourth-order valence-electron chi connectivity index (χ4n) is 2.20. The topological polar surface area (TPSA) is 66.8 Å². The van der Waals surface area contributed by atoms with E-state index in [-0.39, 0.29) is 23.8 Å². The van der Waals surface area contributed by atoms with Gasteiger partial charge in [-0.25, -0.2) is 0 Å². The van der Waals surface area contributed by atoms with Crippen molar-refractivity contribution in [3.8, 4) is 0 Å². The van der Waals surface area contributed by atoms with Crippen LogP contribution in [0.5, 0.6) is 0 Å². The third kappa shape index (κ3) is 9.47. The molecule has 5 heteroatoms. The molecule has 0 radical (unpaired) electrons. The molecule has 0 rings (SSSR count). The molecule has 19 heavy (non-hydrogen) atoms. The minimum absolute atomic E-state index is 0.115. The molecule has 0 aromatic carbocycles. The summed E-state index contributed by atoms with van der Waals surface area (Å²) in [6.45, 7) is 8.84. The lowest BCUT2D eigenvalue weighted by Gasteiger charge is -2.26. The number of nitrogens with zero attached hydrogens (tertiary/aromatic N) is 1. The summed E-state index contributed by atoms with van der Waals surface area (Å²) in [6, 6.07) is 0. The fraction of sp³-hybridized carbons (Fsp3) is 0.857. The van der Waals surface area contributed by atoms with Crippen molar-refractivity contribution < 1.29 is 19.4 Å². The maximum absolute atomic E-state index is 12.1. The third-order valence-corrected chi connectivity index (χ3v) is 2.73. The smallest absolute Gasteiger partial charge is 0.323 e. The standard InChI is InChI=1S/C14H27NO4/c1-11(9-14(2,3)4)8-12(16)15(6-7-19-5)10-13(17)18/h11H,6-10H2,1-5H3,(H,17,18). The van der Waals surface area contributed by atoms with Gasteiger partial charge in [0.2, 0.25) is 5.91 Å². The van der Waals surface area contributed by atoms with E-state index in [4.69, 9.17) is 9.84 Å². The van der Waals surface area contributed by atoms with Gasteiger partial charge in [0.1, 0.15) is 6.54 Å². The number of rotatable bonds is 8. The molecule has 0 saturated heterocycles. The molecule has 0 aromatic rings. The maximum atomic E-state index is 12.1. The number of carbonyl (C=O) groups excluding carboxylic acids is 1. The molecule has 112 valence electrons. The van der Waals surface area contributed by atoms with E-state index >= 15 is 0 Å². The van der Waals surface area contributed by atoms with Gasteiger partial charge in [-0.1, -0.05) is 27.7 Å². The van der Waals surface area contributed by atoms with Crippen molar-refractivity contribution in [3.05, 3.63) is 0 Å². The number of carboxylic acids is 1. The highest BCUT2D eigenvalue weighted by Gasteiger charge is 2.22. The normalized spacial score (nSPS) is 13.1. The largest absolute Gasteiger partial charge is 0.480 e. The molecule has 0 aliphatic rings. The van der Waals surface area contributed by atoms with E-state index in [2.05, 4.69) is 20.8 Å². The van der Waals surface area contributed by atoms with Crippen LogP contribution >= 0.6 is 0 Å². The van der Waals surface area contributed by atoms with Gasteiger partial charge in [0.05, 0.1) is 6.61 Å². The first kappa shape index (κ1) is 17.9. The van der Waals surface area contributed by atoms with E-state index in [0.717, 1.165) is 6.42 Å². The van der Waals surface area contributed by atoms with Crippen LogP contribution < -0.4 is 0 Å². The molecule has 0 aliphatic heterocycles. The van der Waals surface area contributed by atoms with Crippen molar-refractivity contribution >= 4 is 11.9 Å². The van der Waals surface area contributed by atoms with Crippen LogP contribution in [0.2, 0.25) is 0 Å². The number of carboxylic acid groups (broad SMARTS) is 1. The summed E-state index contributed by atoms with van der Waals surface area (Å²) >= 11 is 0. The van der Waals surface area contributed by atoms with Gasteiger partial charge < -0.3 is 14.7 Å². The predicted octanol–water partition coefficient (Wildman–Crippen LogP) is 2.01. The molecule has 1 atom stereocenters. The summed E-state index contributed by atoms with van der Waals surface area (Å²) in [4.78, 5) is 24.2. The SMILES string of the molecule is COCCN(CC(=O)O)C(=O)CC(C)CC(C)(C)C. The molecule has 0 spiro atoms. The van der Waals surface area contributed by atoms with Crippen molar-refractivity contribution in [3.63, 3.8) is 0 Å². The van der Waals surface area contributed by atoms with Crippen molar-refractivity contribution in [1.82, 2.24) is 4.90 Å². The van der Waals surface area contributed by atoms with Gasteiger partial charge in [-0.15, -0.1) is 0 Å². The lowest BCUT2D eigenvalue weighted by atomic mass is 9.84. The number of hydrogen-bond acceptors (Lipinski definition) is 3. The number of hydrogen-bond donors (Lipinski definition) is 1. The Bertz CT molecular complexity index is 296.